The average molecular weight is 435 g/mol. The van der Waals surface area contributed by atoms with Crippen LogP contribution in [0, 0.1) is 0 Å². The fourth-order valence-corrected chi connectivity index (χ4v) is 3.42. The molecule has 9 heteroatoms. The van der Waals surface area contributed by atoms with E-state index in [9.17, 15) is 22.8 Å². The molecule has 2 amide bonds. The van der Waals surface area contributed by atoms with Crippen LogP contribution in [0.1, 0.15) is 36.1 Å². The van der Waals surface area contributed by atoms with Gasteiger partial charge >= 0.3 is 6.18 Å². The Balaban J connectivity index is 1.60. The van der Waals surface area contributed by atoms with Gasteiger partial charge in [0.15, 0.2) is 0 Å². The van der Waals surface area contributed by atoms with E-state index < -0.39 is 30.0 Å². The molecule has 6 nitrogen and oxygen atoms in total. The van der Waals surface area contributed by atoms with Gasteiger partial charge in [0.2, 0.25) is 11.8 Å². The molecule has 2 aromatic carbocycles. The van der Waals surface area contributed by atoms with Crippen molar-refractivity contribution in [3.05, 3.63) is 65.2 Å². The molecule has 0 aliphatic carbocycles. The summed E-state index contributed by atoms with van der Waals surface area (Å²) >= 11 is 0. The van der Waals surface area contributed by atoms with Crippen molar-refractivity contribution < 1.29 is 27.5 Å². The Labute approximate surface area is 178 Å². The minimum Gasteiger partial charge on any atom is -0.497 e. The molecule has 0 aromatic heterocycles. The van der Waals surface area contributed by atoms with Gasteiger partial charge in [0, 0.05) is 6.42 Å². The molecule has 31 heavy (non-hydrogen) atoms. The molecule has 1 saturated heterocycles. The first kappa shape index (κ1) is 22.6. The average Bonchev–Trinajstić information content (AvgIpc) is 2.73. The van der Waals surface area contributed by atoms with Gasteiger partial charge in [-0.05, 0) is 42.3 Å². The van der Waals surface area contributed by atoms with E-state index >= 15 is 0 Å². The molecular formula is C22H24F3N3O3. The maximum Gasteiger partial charge on any atom is 0.416 e. The summed E-state index contributed by atoms with van der Waals surface area (Å²) in [5.74, 6) is 0.0838. The summed E-state index contributed by atoms with van der Waals surface area (Å²) in [5, 5.41) is 8.70. The summed E-state index contributed by atoms with van der Waals surface area (Å²) in [7, 11) is 1.58. The lowest BCUT2D eigenvalue weighted by molar-refractivity contribution is -0.137. The third kappa shape index (κ3) is 5.97. The van der Waals surface area contributed by atoms with Crippen LogP contribution in [0.5, 0.6) is 5.75 Å². The van der Waals surface area contributed by atoms with Crippen LogP contribution < -0.4 is 20.7 Å². The van der Waals surface area contributed by atoms with Gasteiger partial charge in [-0.2, -0.15) is 13.2 Å². The number of ether oxygens (including phenoxy) is 1. The van der Waals surface area contributed by atoms with Gasteiger partial charge in [-0.15, -0.1) is 0 Å². The number of carbonyl (C=O) groups excluding carboxylic acids is 2. The highest BCUT2D eigenvalue weighted by Crippen LogP contribution is 2.30. The maximum atomic E-state index is 12.7. The van der Waals surface area contributed by atoms with Gasteiger partial charge in [-0.3, -0.25) is 14.9 Å². The molecule has 0 saturated carbocycles. The number of alkyl halides is 3. The van der Waals surface area contributed by atoms with E-state index in [0.717, 1.165) is 23.4 Å². The van der Waals surface area contributed by atoms with E-state index in [1.165, 1.54) is 12.1 Å². The number of carbonyl (C=O) groups is 2. The Bertz CT molecular complexity index is 914. The molecule has 166 valence electrons. The first-order valence-corrected chi connectivity index (χ1v) is 9.81. The molecule has 0 spiro atoms. The van der Waals surface area contributed by atoms with Gasteiger partial charge in [0.25, 0.3) is 0 Å². The highest BCUT2D eigenvalue weighted by Gasteiger charge is 2.32. The third-order valence-corrected chi connectivity index (χ3v) is 5.14. The van der Waals surface area contributed by atoms with Crippen molar-refractivity contribution in [3.63, 3.8) is 0 Å². The Morgan fingerprint density at radius 2 is 1.81 bits per heavy atom. The van der Waals surface area contributed by atoms with Gasteiger partial charge in [-0.25, -0.2) is 0 Å². The highest BCUT2D eigenvalue weighted by atomic mass is 19.4. The maximum absolute atomic E-state index is 12.7. The molecule has 0 bridgehead atoms. The minimum absolute atomic E-state index is 0.0231. The van der Waals surface area contributed by atoms with Crippen LogP contribution in [0.2, 0.25) is 0 Å². The molecule has 3 rings (SSSR count). The first-order valence-electron chi connectivity index (χ1n) is 9.81. The molecule has 2 aromatic rings. The van der Waals surface area contributed by atoms with Crippen molar-refractivity contribution >= 4 is 11.8 Å². The first-order chi connectivity index (χ1) is 14.7. The second-order valence-corrected chi connectivity index (χ2v) is 7.45. The molecule has 1 aliphatic rings. The smallest absolute Gasteiger partial charge is 0.416 e. The monoisotopic (exact) mass is 435 g/mol. The van der Waals surface area contributed by atoms with Crippen molar-refractivity contribution in [2.24, 2.45) is 0 Å². The summed E-state index contributed by atoms with van der Waals surface area (Å²) in [4.78, 5) is 24.8. The number of nitrogens with one attached hydrogen (secondary N) is 3. The zero-order valence-corrected chi connectivity index (χ0v) is 17.1. The molecule has 1 aliphatic heterocycles. The van der Waals surface area contributed by atoms with Crippen LogP contribution in [0.3, 0.4) is 0 Å². The van der Waals surface area contributed by atoms with E-state index in [1.54, 1.807) is 14.0 Å². The summed E-state index contributed by atoms with van der Waals surface area (Å²) in [6, 6.07) is 10.8. The summed E-state index contributed by atoms with van der Waals surface area (Å²) in [5.41, 5.74) is 0.746. The number of benzene rings is 2. The van der Waals surface area contributed by atoms with E-state index in [1.807, 2.05) is 24.3 Å². The number of methoxy groups -OCH3 is 1. The molecule has 1 heterocycles. The zero-order valence-electron chi connectivity index (χ0n) is 17.1. The highest BCUT2D eigenvalue weighted by molar-refractivity contribution is 5.89. The van der Waals surface area contributed by atoms with Gasteiger partial charge in [0.05, 0.1) is 37.3 Å². The third-order valence-electron chi connectivity index (χ3n) is 5.14. The van der Waals surface area contributed by atoms with E-state index in [0.29, 0.717) is 12.0 Å². The lowest BCUT2D eigenvalue weighted by Crippen LogP contribution is -2.61. The SMILES string of the molecule is COc1ccc(CC2NC(=O)CC(C(=O)N[C@H](C)c3ccc(C(F)(F)F)cc3)N2)cc1. The Kier molecular flexibility index (Phi) is 6.84. The largest absolute Gasteiger partial charge is 0.497 e. The van der Waals surface area contributed by atoms with Crippen LogP contribution in [0.25, 0.3) is 0 Å². The van der Waals surface area contributed by atoms with E-state index in [2.05, 4.69) is 16.0 Å². The second kappa shape index (κ2) is 9.38. The summed E-state index contributed by atoms with van der Waals surface area (Å²) in [6.45, 7) is 1.68. The van der Waals surface area contributed by atoms with Crippen LogP contribution in [-0.4, -0.2) is 31.1 Å². The number of halogens is 3. The van der Waals surface area contributed by atoms with Crippen molar-refractivity contribution in [3.8, 4) is 5.75 Å². The molecule has 3 N–H and O–H groups in total. The molecular weight excluding hydrogens is 411 g/mol. The fraction of sp³-hybridized carbons (Fsp3) is 0.364. The second-order valence-electron chi connectivity index (χ2n) is 7.45. The van der Waals surface area contributed by atoms with Crippen LogP contribution in [-0.2, 0) is 22.2 Å². The Hall–Kier alpha value is -3.07. The number of hydrogen-bond acceptors (Lipinski definition) is 4. The van der Waals surface area contributed by atoms with Crippen LogP contribution in [0.4, 0.5) is 13.2 Å². The van der Waals surface area contributed by atoms with E-state index in [4.69, 9.17) is 4.74 Å². The lowest BCUT2D eigenvalue weighted by atomic mass is 10.0. The van der Waals surface area contributed by atoms with Crippen molar-refractivity contribution in [2.45, 2.75) is 44.2 Å². The number of hydrogen-bond donors (Lipinski definition) is 3. The fourth-order valence-electron chi connectivity index (χ4n) is 3.42. The molecule has 1 fully saturated rings. The summed E-state index contributed by atoms with van der Waals surface area (Å²) < 4.78 is 43.3. The number of amides is 2. The minimum atomic E-state index is -4.41. The molecule has 3 atom stereocenters. The topological polar surface area (TPSA) is 79.5 Å². The van der Waals surface area contributed by atoms with Crippen molar-refractivity contribution in [2.75, 3.05) is 7.11 Å². The zero-order chi connectivity index (χ0) is 22.6. The summed E-state index contributed by atoms with van der Waals surface area (Å²) in [6.07, 6.45) is -4.38. The van der Waals surface area contributed by atoms with Gasteiger partial charge in [0.1, 0.15) is 5.75 Å². The Morgan fingerprint density at radius 1 is 1.16 bits per heavy atom. The van der Waals surface area contributed by atoms with E-state index in [-0.39, 0.29) is 18.2 Å². The van der Waals surface area contributed by atoms with Gasteiger partial charge in [-0.1, -0.05) is 24.3 Å². The standard InChI is InChI=1S/C22H24F3N3O3/c1-13(15-5-7-16(8-6-15)22(23,24)25)26-21(30)18-12-20(29)28-19(27-18)11-14-3-9-17(31-2)10-4-14/h3-10,13,18-19,27H,11-12H2,1-2H3,(H,26,30)(H,28,29)/t13-,18?,19?/m1/s1. The molecule has 0 radical (unpaired) electrons. The van der Waals surface area contributed by atoms with Gasteiger partial charge < -0.3 is 15.4 Å². The van der Waals surface area contributed by atoms with Crippen LogP contribution >= 0.6 is 0 Å². The number of rotatable bonds is 6. The lowest BCUT2D eigenvalue weighted by Gasteiger charge is -2.31. The predicted octanol–water partition coefficient (Wildman–Crippen LogP) is 2.94. The quantitative estimate of drug-likeness (QED) is 0.652. The normalized spacial score (nSPS) is 20.0. The van der Waals surface area contributed by atoms with Crippen molar-refractivity contribution in [1.29, 1.82) is 0 Å². The van der Waals surface area contributed by atoms with Crippen LogP contribution in [0.15, 0.2) is 48.5 Å². The van der Waals surface area contributed by atoms with Crippen molar-refractivity contribution in [1.82, 2.24) is 16.0 Å². The molecule has 2 unspecified atom stereocenters. The Morgan fingerprint density at radius 3 is 2.39 bits per heavy atom. The predicted molar refractivity (Wildman–Crippen MR) is 108 cm³/mol.